The summed E-state index contributed by atoms with van der Waals surface area (Å²) in [4.78, 5) is 6.57. The van der Waals surface area contributed by atoms with Gasteiger partial charge in [-0.15, -0.1) is 0 Å². The van der Waals surface area contributed by atoms with E-state index in [0.717, 1.165) is 22.8 Å². The van der Waals surface area contributed by atoms with Crippen molar-refractivity contribution in [3.05, 3.63) is 77.3 Å². The lowest BCUT2D eigenvalue weighted by Gasteiger charge is -2.25. The minimum Gasteiger partial charge on any atom is -0.459 e. The van der Waals surface area contributed by atoms with Crippen molar-refractivity contribution < 1.29 is 9.52 Å². The van der Waals surface area contributed by atoms with Gasteiger partial charge in [0.15, 0.2) is 5.11 Å². The Bertz CT molecular complexity index is 946. The first-order chi connectivity index (χ1) is 13.7. The molecular formula is C21H20ClN3O2S. The Labute approximate surface area is 174 Å². The number of nitrogens with one attached hydrogen (secondary N) is 1. The molecule has 1 aromatic carbocycles. The van der Waals surface area contributed by atoms with Gasteiger partial charge in [-0.1, -0.05) is 17.7 Å². The number of pyridine rings is 1. The summed E-state index contributed by atoms with van der Waals surface area (Å²) >= 11 is 11.6. The number of benzene rings is 1. The average Bonchev–Trinajstić information content (AvgIpc) is 3.32. The van der Waals surface area contributed by atoms with Crippen molar-refractivity contribution in [3.8, 4) is 11.3 Å². The van der Waals surface area contributed by atoms with Gasteiger partial charge in [-0.05, 0) is 67.2 Å². The van der Waals surface area contributed by atoms with Crippen LogP contribution in [0.4, 0.5) is 0 Å². The lowest BCUT2D eigenvalue weighted by molar-refractivity contribution is 0.233. The van der Waals surface area contributed by atoms with Crippen molar-refractivity contribution in [2.45, 2.75) is 18.5 Å². The van der Waals surface area contributed by atoms with Gasteiger partial charge in [-0.2, -0.15) is 0 Å². The van der Waals surface area contributed by atoms with E-state index in [4.69, 9.17) is 28.2 Å². The Hall–Kier alpha value is -2.41. The van der Waals surface area contributed by atoms with Crippen LogP contribution in [0.3, 0.4) is 0 Å². The smallest absolute Gasteiger partial charge is 0.170 e. The maximum absolute atomic E-state index is 9.29. The Morgan fingerprint density at radius 3 is 2.68 bits per heavy atom. The maximum Gasteiger partial charge on any atom is 0.170 e. The monoisotopic (exact) mass is 413 g/mol. The number of aromatic nitrogens is 1. The molecule has 3 heterocycles. The van der Waals surface area contributed by atoms with Crippen molar-refractivity contribution in [2.24, 2.45) is 0 Å². The van der Waals surface area contributed by atoms with Gasteiger partial charge < -0.3 is 19.7 Å². The van der Waals surface area contributed by atoms with Crippen LogP contribution in [0, 0.1) is 0 Å². The van der Waals surface area contributed by atoms with E-state index < -0.39 is 0 Å². The fraction of sp³-hybridized carbons (Fsp3) is 0.238. The van der Waals surface area contributed by atoms with Crippen LogP contribution in [-0.4, -0.2) is 33.3 Å². The topological polar surface area (TPSA) is 61.5 Å². The van der Waals surface area contributed by atoms with Crippen molar-refractivity contribution in [2.75, 3.05) is 13.2 Å². The highest BCUT2D eigenvalue weighted by molar-refractivity contribution is 7.80. The van der Waals surface area contributed by atoms with Gasteiger partial charge in [0.25, 0.3) is 0 Å². The van der Waals surface area contributed by atoms with Crippen LogP contribution < -0.4 is 5.32 Å². The molecule has 2 N–H and O–H groups in total. The molecule has 5 nitrogen and oxygen atoms in total. The number of halogens is 1. The van der Waals surface area contributed by atoms with E-state index in [2.05, 4.69) is 15.2 Å². The molecule has 3 aromatic rings. The van der Waals surface area contributed by atoms with Gasteiger partial charge in [-0.3, -0.25) is 4.98 Å². The van der Waals surface area contributed by atoms with Crippen LogP contribution in [0.25, 0.3) is 11.3 Å². The predicted molar refractivity (Wildman–Crippen MR) is 113 cm³/mol. The Morgan fingerprint density at radius 2 is 1.96 bits per heavy atom. The van der Waals surface area contributed by atoms with Crippen LogP contribution in [0.5, 0.6) is 0 Å². The van der Waals surface area contributed by atoms with E-state index >= 15 is 0 Å². The van der Waals surface area contributed by atoms with Gasteiger partial charge in [0.05, 0.1) is 11.7 Å². The molecule has 0 aliphatic carbocycles. The summed E-state index contributed by atoms with van der Waals surface area (Å²) in [6.45, 7) is 0.738. The summed E-state index contributed by atoms with van der Waals surface area (Å²) in [5.41, 5.74) is 1.85. The van der Waals surface area contributed by atoms with E-state index in [9.17, 15) is 5.11 Å². The summed E-state index contributed by atoms with van der Waals surface area (Å²) in [6, 6.07) is 17.0. The molecular weight excluding hydrogens is 394 g/mol. The third-order valence-corrected chi connectivity index (χ3v) is 5.41. The molecule has 4 rings (SSSR count). The van der Waals surface area contributed by atoms with Crippen molar-refractivity contribution in [1.29, 1.82) is 0 Å². The van der Waals surface area contributed by atoms with Gasteiger partial charge >= 0.3 is 0 Å². The molecule has 2 atom stereocenters. The third kappa shape index (κ3) is 3.76. The lowest BCUT2D eigenvalue weighted by Crippen LogP contribution is -2.30. The van der Waals surface area contributed by atoms with Crippen molar-refractivity contribution in [1.82, 2.24) is 15.2 Å². The Balaban J connectivity index is 1.70. The summed E-state index contributed by atoms with van der Waals surface area (Å²) in [7, 11) is 0. The number of rotatable bonds is 6. The quantitative estimate of drug-likeness (QED) is 0.586. The number of furan rings is 1. The fourth-order valence-electron chi connectivity index (χ4n) is 3.48. The SMILES string of the molecule is OCCCN1C(=S)N[C@@H](c2ccccn2)[C@@H]1c1ccc(-c2ccc(Cl)cc2)o1. The van der Waals surface area contributed by atoms with Crippen LogP contribution in [0.2, 0.25) is 5.02 Å². The van der Waals surface area contributed by atoms with Crippen LogP contribution >= 0.6 is 23.8 Å². The van der Waals surface area contributed by atoms with E-state index in [1.807, 2.05) is 54.6 Å². The van der Waals surface area contributed by atoms with Crippen LogP contribution in [0.1, 0.15) is 30.0 Å². The third-order valence-electron chi connectivity index (χ3n) is 4.80. The molecule has 0 radical (unpaired) electrons. The highest BCUT2D eigenvalue weighted by Crippen LogP contribution is 2.40. The average molecular weight is 414 g/mol. The zero-order valence-corrected chi connectivity index (χ0v) is 16.7. The predicted octanol–water partition coefficient (Wildman–Crippen LogP) is 4.35. The normalized spacial score (nSPS) is 19.1. The molecule has 1 saturated heterocycles. The van der Waals surface area contributed by atoms with Crippen molar-refractivity contribution in [3.63, 3.8) is 0 Å². The maximum atomic E-state index is 9.29. The van der Waals surface area contributed by atoms with Gasteiger partial charge in [0.2, 0.25) is 0 Å². The first-order valence-electron chi connectivity index (χ1n) is 9.12. The Kier molecular flexibility index (Phi) is 5.62. The standard InChI is InChI=1S/C21H20ClN3O2S/c22-15-7-5-14(6-8-15)17-9-10-18(27-17)20-19(16-4-1-2-11-23-16)24-21(28)25(20)12-3-13-26/h1-2,4-11,19-20,26H,3,12-13H2,(H,24,28)/t19-,20-/m0/s1. The van der Waals surface area contributed by atoms with Gasteiger partial charge in [0.1, 0.15) is 17.6 Å². The second-order valence-electron chi connectivity index (χ2n) is 6.61. The molecule has 0 bridgehead atoms. The number of hydrogen-bond acceptors (Lipinski definition) is 4. The highest BCUT2D eigenvalue weighted by Gasteiger charge is 2.41. The summed E-state index contributed by atoms with van der Waals surface area (Å²) in [5.74, 6) is 1.57. The highest BCUT2D eigenvalue weighted by atomic mass is 35.5. The van der Waals surface area contributed by atoms with E-state index in [0.29, 0.717) is 23.1 Å². The zero-order valence-electron chi connectivity index (χ0n) is 15.1. The molecule has 0 saturated carbocycles. The van der Waals surface area contributed by atoms with Crippen molar-refractivity contribution >= 4 is 28.9 Å². The van der Waals surface area contributed by atoms with Crippen LogP contribution in [0.15, 0.2) is 65.2 Å². The zero-order chi connectivity index (χ0) is 19.5. The second-order valence-corrected chi connectivity index (χ2v) is 7.43. The summed E-state index contributed by atoms with van der Waals surface area (Å²) < 4.78 is 6.23. The summed E-state index contributed by atoms with van der Waals surface area (Å²) in [6.07, 6.45) is 2.40. The molecule has 0 spiro atoms. The molecule has 0 amide bonds. The molecule has 1 aliphatic heterocycles. The number of aliphatic hydroxyl groups is 1. The van der Waals surface area contributed by atoms with Crippen LogP contribution in [-0.2, 0) is 0 Å². The minimum absolute atomic E-state index is 0.105. The molecule has 2 aromatic heterocycles. The molecule has 144 valence electrons. The van der Waals surface area contributed by atoms with Gasteiger partial charge in [-0.25, -0.2) is 0 Å². The van der Waals surface area contributed by atoms with E-state index in [-0.39, 0.29) is 18.7 Å². The lowest BCUT2D eigenvalue weighted by atomic mass is 10.0. The molecule has 7 heteroatoms. The number of aliphatic hydroxyl groups excluding tert-OH is 1. The fourth-order valence-corrected chi connectivity index (χ4v) is 3.94. The molecule has 28 heavy (non-hydrogen) atoms. The van der Waals surface area contributed by atoms with Gasteiger partial charge in [0, 0.05) is 29.9 Å². The molecule has 1 aliphatic rings. The number of hydrogen-bond donors (Lipinski definition) is 2. The molecule has 1 fully saturated rings. The minimum atomic E-state index is -0.144. The summed E-state index contributed by atoms with van der Waals surface area (Å²) in [5, 5.41) is 14.0. The number of thiocarbonyl (C=S) groups is 1. The Morgan fingerprint density at radius 1 is 1.14 bits per heavy atom. The van der Waals surface area contributed by atoms with E-state index in [1.54, 1.807) is 6.20 Å². The number of nitrogens with zero attached hydrogens (tertiary/aromatic N) is 2. The second kappa shape index (κ2) is 8.31. The first-order valence-corrected chi connectivity index (χ1v) is 9.90. The largest absolute Gasteiger partial charge is 0.459 e. The van der Waals surface area contributed by atoms with E-state index in [1.165, 1.54) is 0 Å². The first kappa shape index (κ1) is 18.9. The molecule has 0 unspecified atom stereocenters.